The van der Waals surface area contributed by atoms with Crippen molar-refractivity contribution in [1.29, 1.82) is 0 Å². The lowest BCUT2D eigenvalue weighted by Gasteiger charge is -2.45. The molecule has 0 saturated heterocycles. The number of hydrogen-bond donors (Lipinski definition) is 1. The zero-order valence-electron chi connectivity index (χ0n) is 14.5. The zero-order valence-corrected chi connectivity index (χ0v) is 15.3. The molecule has 2 aromatic carbocycles. The number of nitrogens with zero attached hydrogens (tertiary/aromatic N) is 2. The highest BCUT2D eigenvalue weighted by molar-refractivity contribution is 6.33. The second kappa shape index (κ2) is 6.14. The van der Waals surface area contributed by atoms with E-state index in [1.165, 1.54) is 11.3 Å². The Morgan fingerprint density at radius 3 is 2.71 bits per heavy atom. The third-order valence-electron chi connectivity index (χ3n) is 4.98. The van der Waals surface area contributed by atoms with Gasteiger partial charge in [-0.3, -0.25) is 4.99 Å². The van der Waals surface area contributed by atoms with Crippen LogP contribution in [0.5, 0.6) is 5.75 Å². The molecule has 24 heavy (non-hydrogen) atoms. The number of hydrogen-bond acceptors (Lipinski definition) is 3. The van der Waals surface area contributed by atoms with Crippen LogP contribution in [0.3, 0.4) is 0 Å². The molecular formula is C20H23ClN2O. The van der Waals surface area contributed by atoms with Crippen molar-refractivity contribution in [2.75, 3.05) is 11.9 Å². The van der Waals surface area contributed by atoms with E-state index < -0.39 is 0 Å². The Morgan fingerprint density at radius 2 is 2.00 bits per heavy atom. The summed E-state index contributed by atoms with van der Waals surface area (Å²) in [5.74, 6) is 0.624. The van der Waals surface area contributed by atoms with Gasteiger partial charge in [0.25, 0.3) is 0 Å². The number of anilines is 1. The fourth-order valence-corrected chi connectivity index (χ4v) is 3.62. The van der Waals surface area contributed by atoms with Crippen LogP contribution in [0.4, 0.5) is 11.4 Å². The minimum Gasteiger partial charge on any atom is -0.506 e. The molecule has 0 saturated carbocycles. The quantitative estimate of drug-likeness (QED) is 0.729. The molecule has 1 unspecified atom stereocenters. The first-order chi connectivity index (χ1) is 11.3. The number of rotatable bonds is 2. The fraction of sp³-hybridized carbons (Fsp3) is 0.350. The molecule has 0 bridgehead atoms. The van der Waals surface area contributed by atoms with Crippen LogP contribution in [0, 0.1) is 0 Å². The molecule has 0 spiro atoms. The lowest BCUT2D eigenvalue weighted by molar-refractivity contribution is 0.395. The van der Waals surface area contributed by atoms with Crippen LogP contribution in [0.2, 0.25) is 5.02 Å². The molecule has 126 valence electrons. The second-order valence-corrected chi connectivity index (χ2v) is 7.56. The van der Waals surface area contributed by atoms with Crippen molar-refractivity contribution in [1.82, 2.24) is 0 Å². The summed E-state index contributed by atoms with van der Waals surface area (Å²) in [5, 5.41) is 10.5. The molecule has 1 heterocycles. The minimum atomic E-state index is 0.112. The highest BCUT2D eigenvalue weighted by atomic mass is 35.5. The summed E-state index contributed by atoms with van der Waals surface area (Å²) in [6, 6.07) is 11.2. The number of fused-ring (bicyclic) bond motifs is 1. The van der Waals surface area contributed by atoms with Gasteiger partial charge < -0.3 is 10.0 Å². The molecule has 4 heteroatoms. The van der Waals surface area contributed by atoms with Crippen molar-refractivity contribution < 1.29 is 5.11 Å². The van der Waals surface area contributed by atoms with Gasteiger partial charge >= 0.3 is 0 Å². The van der Waals surface area contributed by atoms with E-state index >= 15 is 0 Å². The molecule has 3 nitrogen and oxygen atoms in total. The van der Waals surface area contributed by atoms with Gasteiger partial charge in [0, 0.05) is 30.1 Å². The average Bonchev–Trinajstić information content (AvgIpc) is 2.52. The predicted octanol–water partition coefficient (Wildman–Crippen LogP) is 5.52. The van der Waals surface area contributed by atoms with E-state index in [4.69, 9.17) is 11.6 Å². The maximum Gasteiger partial charge on any atom is 0.141 e. The van der Waals surface area contributed by atoms with E-state index in [2.05, 4.69) is 43.8 Å². The van der Waals surface area contributed by atoms with E-state index in [1.54, 1.807) is 24.4 Å². The predicted molar refractivity (Wildman–Crippen MR) is 102 cm³/mol. The Balaban J connectivity index is 2.01. The number of aliphatic imine (C=N–C) groups is 1. The van der Waals surface area contributed by atoms with Gasteiger partial charge in [-0.1, -0.05) is 30.7 Å². The summed E-state index contributed by atoms with van der Waals surface area (Å²) in [6.07, 6.45) is 2.82. The largest absolute Gasteiger partial charge is 0.506 e. The summed E-state index contributed by atoms with van der Waals surface area (Å²) in [5.41, 5.74) is 4.00. The highest BCUT2D eigenvalue weighted by Crippen LogP contribution is 2.44. The van der Waals surface area contributed by atoms with Gasteiger partial charge in [-0.25, -0.2) is 0 Å². The van der Waals surface area contributed by atoms with Gasteiger partial charge in [0.2, 0.25) is 0 Å². The summed E-state index contributed by atoms with van der Waals surface area (Å²) >= 11 is 6.49. The zero-order chi connectivity index (χ0) is 17.5. The van der Waals surface area contributed by atoms with Crippen LogP contribution in [0.25, 0.3) is 0 Å². The van der Waals surface area contributed by atoms with Gasteiger partial charge in [-0.05, 0) is 56.0 Å². The molecule has 2 aromatic rings. The third kappa shape index (κ3) is 3.01. The molecule has 0 aromatic heterocycles. The van der Waals surface area contributed by atoms with Crippen molar-refractivity contribution in [3.8, 4) is 5.75 Å². The van der Waals surface area contributed by atoms with Gasteiger partial charge in [-0.2, -0.15) is 0 Å². The average molecular weight is 343 g/mol. The number of phenols is 1. The number of para-hydroxylation sites is 2. The Morgan fingerprint density at radius 1 is 1.29 bits per heavy atom. The third-order valence-corrected chi connectivity index (χ3v) is 5.30. The smallest absolute Gasteiger partial charge is 0.141 e. The lowest BCUT2D eigenvalue weighted by Crippen LogP contribution is -2.45. The van der Waals surface area contributed by atoms with E-state index in [0.717, 1.165) is 12.0 Å². The molecular weight excluding hydrogens is 320 g/mol. The summed E-state index contributed by atoms with van der Waals surface area (Å²) in [7, 11) is 2.12. The number of phenolic OH excluding ortho intramolecular Hbond substituents is 1. The first-order valence-corrected chi connectivity index (χ1v) is 8.57. The van der Waals surface area contributed by atoms with Crippen molar-refractivity contribution in [2.45, 2.75) is 38.6 Å². The molecule has 1 aliphatic heterocycles. The topological polar surface area (TPSA) is 35.8 Å². The van der Waals surface area contributed by atoms with Crippen molar-refractivity contribution in [3.05, 3.63) is 52.5 Å². The van der Waals surface area contributed by atoms with Crippen LogP contribution in [-0.2, 0) is 0 Å². The second-order valence-electron chi connectivity index (χ2n) is 7.16. The maximum atomic E-state index is 9.83. The van der Waals surface area contributed by atoms with Gasteiger partial charge in [0.05, 0.1) is 5.02 Å². The molecule has 3 rings (SSSR count). The standard InChI is InChI=1S/C20H23ClN2O/c1-13-11-20(2,3)23(4)18-10-16(21)14(9-15(13)18)12-22-17-7-5-6-8-19(17)24/h5-10,12-13,24H,11H2,1-4H3. The Kier molecular flexibility index (Phi) is 4.31. The van der Waals surface area contributed by atoms with Crippen molar-refractivity contribution in [3.63, 3.8) is 0 Å². The summed E-state index contributed by atoms with van der Waals surface area (Å²) < 4.78 is 0. The van der Waals surface area contributed by atoms with Crippen LogP contribution >= 0.6 is 11.6 Å². The van der Waals surface area contributed by atoms with Gasteiger partial charge in [0.15, 0.2) is 0 Å². The minimum absolute atomic E-state index is 0.112. The van der Waals surface area contributed by atoms with E-state index in [9.17, 15) is 5.11 Å². The summed E-state index contributed by atoms with van der Waals surface area (Å²) in [4.78, 5) is 6.69. The molecule has 1 atom stereocenters. The maximum absolute atomic E-state index is 9.83. The number of halogens is 1. The molecule has 1 aliphatic rings. The van der Waals surface area contributed by atoms with Crippen LogP contribution in [0.15, 0.2) is 41.4 Å². The molecule has 1 N–H and O–H groups in total. The normalized spacial score (nSPS) is 19.5. The van der Waals surface area contributed by atoms with Crippen molar-refractivity contribution >= 4 is 29.2 Å². The van der Waals surface area contributed by atoms with Crippen LogP contribution < -0.4 is 4.90 Å². The van der Waals surface area contributed by atoms with Crippen molar-refractivity contribution in [2.24, 2.45) is 4.99 Å². The Labute approximate surface area is 148 Å². The molecule has 0 radical (unpaired) electrons. The fourth-order valence-electron chi connectivity index (χ4n) is 3.42. The molecule has 0 fully saturated rings. The Bertz CT molecular complexity index is 798. The monoisotopic (exact) mass is 342 g/mol. The van der Waals surface area contributed by atoms with E-state index in [0.29, 0.717) is 16.6 Å². The van der Waals surface area contributed by atoms with Crippen LogP contribution in [0.1, 0.15) is 44.2 Å². The van der Waals surface area contributed by atoms with Crippen LogP contribution in [-0.4, -0.2) is 23.9 Å². The number of benzene rings is 2. The van der Waals surface area contributed by atoms with E-state index in [-0.39, 0.29) is 11.3 Å². The molecule has 0 aliphatic carbocycles. The Hall–Kier alpha value is -2.00. The number of aromatic hydroxyl groups is 1. The highest BCUT2D eigenvalue weighted by Gasteiger charge is 2.34. The SMILES string of the molecule is CC1CC(C)(C)N(C)c2cc(Cl)c(C=Nc3ccccc3O)cc21. The van der Waals surface area contributed by atoms with Gasteiger partial charge in [-0.15, -0.1) is 0 Å². The summed E-state index contributed by atoms with van der Waals surface area (Å²) in [6.45, 7) is 6.77. The van der Waals surface area contributed by atoms with Gasteiger partial charge in [0.1, 0.15) is 11.4 Å². The first kappa shape index (κ1) is 16.8. The lowest BCUT2D eigenvalue weighted by atomic mass is 9.80. The van der Waals surface area contributed by atoms with E-state index in [1.807, 2.05) is 12.1 Å². The molecule has 0 amide bonds. The first-order valence-electron chi connectivity index (χ1n) is 8.19.